The second-order valence-electron chi connectivity index (χ2n) is 5.91. The summed E-state index contributed by atoms with van der Waals surface area (Å²) in [6.07, 6.45) is 7.33. The Morgan fingerprint density at radius 3 is 2.91 bits per heavy atom. The van der Waals surface area contributed by atoms with E-state index in [1.165, 1.54) is 6.20 Å². The Kier molecular flexibility index (Phi) is 4.14. The first-order valence-electron chi connectivity index (χ1n) is 7.64. The van der Waals surface area contributed by atoms with Crippen LogP contribution in [0.3, 0.4) is 0 Å². The van der Waals surface area contributed by atoms with E-state index in [0.717, 1.165) is 31.6 Å². The molecule has 1 N–H and O–H groups in total. The van der Waals surface area contributed by atoms with Gasteiger partial charge in [-0.05, 0) is 25.8 Å². The van der Waals surface area contributed by atoms with E-state index in [2.05, 4.69) is 20.3 Å². The normalized spacial score (nSPS) is 18.0. The third kappa shape index (κ3) is 3.41. The van der Waals surface area contributed by atoms with E-state index in [1.54, 1.807) is 17.7 Å². The molecule has 1 atom stereocenters. The molecule has 3 heterocycles. The monoisotopic (exact) mass is 316 g/mol. The Morgan fingerprint density at radius 2 is 2.26 bits per heavy atom. The standard InChI is InChI=1S/C15H20N6O2/c1-11-6-15(16-8-14(11)21(22)23)18-12-4-3-5-20(9-12)13-7-17-19(2)10-13/h6-8,10,12H,3-5,9H2,1-2H3,(H,16,18). The van der Waals surface area contributed by atoms with Crippen molar-refractivity contribution < 1.29 is 4.92 Å². The van der Waals surface area contributed by atoms with Gasteiger partial charge in [0.25, 0.3) is 5.69 Å². The van der Waals surface area contributed by atoms with Gasteiger partial charge in [0, 0.05) is 37.9 Å². The molecule has 0 amide bonds. The smallest absolute Gasteiger partial charge is 0.290 e. The lowest BCUT2D eigenvalue weighted by atomic mass is 10.1. The summed E-state index contributed by atoms with van der Waals surface area (Å²) in [5, 5.41) is 18.5. The quantitative estimate of drug-likeness (QED) is 0.686. The average Bonchev–Trinajstić information content (AvgIpc) is 2.94. The molecule has 0 spiro atoms. The van der Waals surface area contributed by atoms with Crippen molar-refractivity contribution in [3.05, 3.63) is 40.3 Å². The van der Waals surface area contributed by atoms with Crippen LogP contribution in [-0.4, -0.2) is 38.8 Å². The van der Waals surface area contributed by atoms with Crippen molar-refractivity contribution in [2.24, 2.45) is 7.05 Å². The Bertz CT molecular complexity index is 714. The fraction of sp³-hybridized carbons (Fsp3) is 0.467. The van der Waals surface area contributed by atoms with Gasteiger partial charge in [0.05, 0.1) is 16.8 Å². The first-order chi connectivity index (χ1) is 11.0. The molecular formula is C15H20N6O2. The number of aryl methyl sites for hydroxylation is 2. The molecule has 8 nitrogen and oxygen atoms in total. The van der Waals surface area contributed by atoms with Gasteiger partial charge in [-0.3, -0.25) is 14.8 Å². The van der Waals surface area contributed by atoms with Crippen LogP contribution in [0.25, 0.3) is 0 Å². The fourth-order valence-corrected chi connectivity index (χ4v) is 2.93. The molecule has 0 aromatic carbocycles. The van der Waals surface area contributed by atoms with Gasteiger partial charge in [-0.15, -0.1) is 0 Å². The third-order valence-electron chi connectivity index (χ3n) is 4.11. The lowest BCUT2D eigenvalue weighted by Crippen LogP contribution is -2.42. The van der Waals surface area contributed by atoms with Crippen LogP contribution in [-0.2, 0) is 7.05 Å². The summed E-state index contributed by atoms with van der Waals surface area (Å²) < 4.78 is 1.80. The molecule has 2 aromatic rings. The highest BCUT2D eigenvalue weighted by Crippen LogP contribution is 2.23. The van der Waals surface area contributed by atoms with Gasteiger partial charge in [-0.25, -0.2) is 4.98 Å². The minimum absolute atomic E-state index is 0.0520. The van der Waals surface area contributed by atoms with Crippen molar-refractivity contribution in [2.45, 2.75) is 25.8 Å². The highest BCUT2D eigenvalue weighted by atomic mass is 16.6. The lowest BCUT2D eigenvalue weighted by molar-refractivity contribution is -0.385. The number of nitrogens with one attached hydrogen (secondary N) is 1. The number of hydrogen-bond donors (Lipinski definition) is 1. The molecule has 1 fully saturated rings. The van der Waals surface area contributed by atoms with Crippen molar-refractivity contribution in [1.82, 2.24) is 14.8 Å². The maximum absolute atomic E-state index is 10.9. The van der Waals surface area contributed by atoms with Crippen LogP contribution in [0.2, 0.25) is 0 Å². The number of nitro groups is 1. The molecule has 0 saturated carbocycles. The highest BCUT2D eigenvalue weighted by molar-refractivity contribution is 5.48. The van der Waals surface area contributed by atoms with E-state index >= 15 is 0 Å². The summed E-state index contributed by atoms with van der Waals surface area (Å²) in [6, 6.07) is 2.00. The molecule has 2 aromatic heterocycles. The van der Waals surface area contributed by atoms with Gasteiger partial charge in [0.1, 0.15) is 12.0 Å². The van der Waals surface area contributed by atoms with Crippen molar-refractivity contribution in [3.8, 4) is 0 Å². The topological polar surface area (TPSA) is 89.1 Å². The van der Waals surface area contributed by atoms with Crippen LogP contribution < -0.4 is 10.2 Å². The Balaban J connectivity index is 1.68. The molecule has 0 radical (unpaired) electrons. The molecule has 1 saturated heterocycles. The summed E-state index contributed by atoms with van der Waals surface area (Å²) in [4.78, 5) is 16.9. The van der Waals surface area contributed by atoms with Gasteiger partial charge >= 0.3 is 0 Å². The predicted octanol–water partition coefficient (Wildman–Crippen LogP) is 2.11. The molecule has 8 heteroatoms. The summed E-state index contributed by atoms with van der Waals surface area (Å²) in [7, 11) is 1.91. The van der Waals surface area contributed by atoms with Crippen LogP contribution in [0.5, 0.6) is 0 Å². The van der Waals surface area contributed by atoms with Crippen LogP contribution in [0.15, 0.2) is 24.7 Å². The minimum atomic E-state index is -0.406. The first-order valence-corrected chi connectivity index (χ1v) is 7.64. The molecule has 1 aliphatic heterocycles. The van der Waals surface area contributed by atoms with Crippen molar-refractivity contribution >= 4 is 17.2 Å². The summed E-state index contributed by atoms with van der Waals surface area (Å²) in [5.74, 6) is 0.686. The van der Waals surface area contributed by atoms with Crippen molar-refractivity contribution in [1.29, 1.82) is 0 Å². The largest absolute Gasteiger partial charge is 0.367 e. The third-order valence-corrected chi connectivity index (χ3v) is 4.11. The molecule has 3 rings (SSSR count). The number of anilines is 2. The summed E-state index contributed by atoms with van der Waals surface area (Å²) >= 11 is 0. The molecule has 0 bridgehead atoms. The summed E-state index contributed by atoms with van der Waals surface area (Å²) in [5.41, 5.74) is 1.79. The molecule has 1 unspecified atom stereocenters. The zero-order valence-electron chi connectivity index (χ0n) is 13.3. The number of hydrogen-bond acceptors (Lipinski definition) is 6. The van der Waals surface area contributed by atoms with E-state index in [0.29, 0.717) is 11.4 Å². The number of nitrogens with zero attached hydrogens (tertiary/aromatic N) is 5. The zero-order valence-corrected chi connectivity index (χ0v) is 13.3. The number of aromatic nitrogens is 3. The second-order valence-corrected chi connectivity index (χ2v) is 5.91. The van der Waals surface area contributed by atoms with Crippen LogP contribution >= 0.6 is 0 Å². The van der Waals surface area contributed by atoms with Crippen LogP contribution in [0.4, 0.5) is 17.2 Å². The molecule has 23 heavy (non-hydrogen) atoms. The number of rotatable bonds is 4. The first kappa shape index (κ1) is 15.3. The lowest BCUT2D eigenvalue weighted by Gasteiger charge is -2.34. The van der Waals surface area contributed by atoms with Crippen LogP contribution in [0, 0.1) is 17.0 Å². The Labute approximate surface area is 134 Å². The average molecular weight is 316 g/mol. The molecule has 1 aliphatic rings. The van der Waals surface area contributed by atoms with E-state index in [1.807, 2.05) is 19.4 Å². The maximum atomic E-state index is 10.9. The Hall–Kier alpha value is -2.64. The van der Waals surface area contributed by atoms with Gasteiger partial charge in [0.15, 0.2) is 0 Å². The molecular weight excluding hydrogens is 296 g/mol. The zero-order chi connectivity index (χ0) is 16.4. The molecule has 122 valence electrons. The predicted molar refractivity (Wildman–Crippen MR) is 87.7 cm³/mol. The van der Waals surface area contributed by atoms with E-state index < -0.39 is 4.92 Å². The van der Waals surface area contributed by atoms with E-state index in [4.69, 9.17) is 0 Å². The van der Waals surface area contributed by atoms with Crippen LogP contribution in [0.1, 0.15) is 18.4 Å². The van der Waals surface area contributed by atoms with Gasteiger partial charge in [0.2, 0.25) is 0 Å². The van der Waals surface area contributed by atoms with E-state index in [9.17, 15) is 10.1 Å². The minimum Gasteiger partial charge on any atom is -0.367 e. The SMILES string of the molecule is Cc1cc(NC2CCCN(c3cnn(C)c3)C2)ncc1[N+](=O)[O-]. The molecule has 0 aliphatic carbocycles. The number of piperidine rings is 1. The van der Waals surface area contributed by atoms with E-state index in [-0.39, 0.29) is 11.7 Å². The van der Waals surface area contributed by atoms with Crippen molar-refractivity contribution in [2.75, 3.05) is 23.3 Å². The summed E-state index contributed by atoms with van der Waals surface area (Å²) in [6.45, 7) is 3.60. The fourth-order valence-electron chi connectivity index (χ4n) is 2.93. The van der Waals surface area contributed by atoms with Gasteiger partial charge < -0.3 is 10.2 Å². The van der Waals surface area contributed by atoms with Crippen molar-refractivity contribution in [3.63, 3.8) is 0 Å². The Morgan fingerprint density at radius 1 is 1.43 bits per heavy atom. The second kappa shape index (κ2) is 6.23. The highest BCUT2D eigenvalue weighted by Gasteiger charge is 2.22. The maximum Gasteiger partial charge on any atom is 0.290 e. The van der Waals surface area contributed by atoms with Gasteiger partial charge in [-0.2, -0.15) is 5.10 Å². The number of pyridine rings is 1. The van der Waals surface area contributed by atoms with Gasteiger partial charge in [-0.1, -0.05) is 0 Å².